The van der Waals surface area contributed by atoms with Crippen molar-refractivity contribution in [1.29, 1.82) is 0 Å². The molecule has 2 aliphatic rings. The van der Waals surface area contributed by atoms with Crippen LogP contribution in [0, 0.1) is 0 Å². The monoisotopic (exact) mass is 425 g/mol. The van der Waals surface area contributed by atoms with Gasteiger partial charge in [-0.1, -0.05) is 60.7 Å². The maximum atomic E-state index is 13.3. The van der Waals surface area contributed by atoms with Crippen molar-refractivity contribution in [3.8, 4) is 16.9 Å². The minimum Gasteiger partial charge on any atom is -0.330 e. The van der Waals surface area contributed by atoms with Crippen LogP contribution in [-0.2, 0) is 6.54 Å². The summed E-state index contributed by atoms with van der Waals surface area (Å²) in [5, 5.41) is 6.06. The predicted molar refractivity (Wildman–Crippen MR) is 116 cm³/mol. The molecule has 1 aromatic heterocycles. The highest BCUT2D eigenvalue weighted by Gasteiger charge is 2.39. The van der Waals surface area contributed by atoms with Crippen LogP contribution >= 0.6 is 23.2 Å². The molecule has 0 bridgehead atoms. The summed E-state index contributed by atoms with van der Waals surface area (Å²) in [6, 6.07) is 15.5. The van der Waals surface area contributed by atoms with Gasteiger partial charge in [-0.05, 0) is 43.2 Å². The van der Waals surface area contributed by atoms with Gasteiger partial charge in [0.05, 0.1) is 17.9 Å². The van der Waals surface area contributed by atoms with Gasteiger partial charge >= 0.3 is 0 Å². The van der Waals surface area contributed by atoms with E-state index in [9.17, 15) is 4.79 Å². The van der Waals surface area contributed by atoms with Gasteiger partial charge in [0.25, 0.3) is 5.91 Å². The molecule has 0 radical (unpaired) electrons. The molecule has 0 spiro atoms. The van der Waals surface area contributed by atoms with Crippen molar-refractivity contribution in [2.45, 2.75) is 44.7 Å². The molecule has 2 aromatic carbocycles. The molecule has 0 atom stereocenters. The average molecular weight is 426 g/mol. The number of rotatable bonds is 3. The topological polar surface area (TPSA) is 38.1 Å². The van der Waals surface area contributed by atoms with Crippen LogP contribution in [0.3, 0.4) is 0 Å². The zero-order valence-electron chi connectivity index (χ0n) is 15.9. The van der Waals surface area contributed by atoms with E-state index in [4.69, 9.17) is 28.3 Å². The lowest BCUT2D eigenvalue weighted by molar-refractivity contribution is 0.0653. The Morgan fingerprint density at radius 3 is 2.38 bits per heavy atom. The Bertz CT molecular complexity index is 1070. The van der Waals surface area contributed by atoms with Crippen LogP contribution in [0.1, 0.15) is 48.2 Å². The quantitative estimate of drug-likeness (QED) is 0.505. The summed E-state index contributed by atoms with van der Waals surface area (Å²) in [5.41, 5.74) is 4.13. The Morgan fingerprint density at radius 1 is 0.931 bits per heavy atom. The van der Waals surface area contributed by atoms with Crippen molar-refractivity contribution < 1.29 is 4.79 Å². The largest absolute Gasteiger partial charge is 0.330 e. The second-order valence-electron chi connectivity index (χ2n) is 7.77. The fourth-order valence-electron chi connectivity index (χ4n) is 4.54. The van der Waals surface area contributed by atoms with Crippen molar-refractivity contribution in [2.24, 2.45) is 0 Å². The molecule has 0 saturated heterocycles. The Balaban J connectivity index is 1.64. The van der Waals surface area contributed by atoms with Gasteiger partial charge in [0.2, 0.25) is 0 Å². The van der Waals surface area contributed by atoms with Crippen LogP contribution in [0.4, 0.5) is 0 Å². The Morgan fingerprint density at radius 2 is 1.66 bits per heavy atom. The van der Waals surface area contributed by atoms with Gasteiger partial charge in [-0.25, -0.2) is 4.68 Å². The van der Waals surface area contributed by atoms with Crippen molar-refractivity contribution in [3.05, 3.63) is 69.8 Å². The van der Waals surface area contributed by atoms with Crippen molar-refractivity contribution in [2.75, 3.05) is 0 Å². The number of benzene rings is 2. The average Bonchev–Trinajstić information content (AvgIpc) is 3.27. The van der Waals surface area contributed by atoms with Crippen LogP contribution in [0.25, 0.3) is 16.9 Å². The number of hydrogen-bond donors (Lipinski definition) is 0. The standard InChI is InChI=1S/C23H21Cl2N3O/c24-15-10-12-17(13-11-15)28-22(18-8-4-5-9-20(18)25)19-14-27(23(29)21(19)26-28)16-6-2-1-3-7-16/h4-5,8-13,16H,1-3,6-7,14H2. The van der Waals surface area contributed by atoms with E-state index in [1.807, 2.05) is 58.1 Å². The van der Waals surface area contributed by atoms with E-state index < -0.39 is 0 Å². The predicted octanol–water partition coefficient (Wildman–Crippen LogP) is 6.13. The van der Waals surface area contributed by atoms with Crippen LogP contribution < -0.4 is 0 Å². The molecule has 1 saturated carbocycles. The van der Waals surface area contributed by atoms with Crippen molar-refractivity contribution in [3.63, 3.8) is 0 Å². The molecule has 2 heterocycles. The van der Waals surface area contributed by atoms with Gasteiger partial charge in [0.1, 0.15) is 0 Å². The Labute approximate surface area is 180 Å². The lowest BCUT2D eigenvalue weighted by Gasteiger charge is -2.31. The first kappa shape index (κ1) is 18.7. The maximum Gasteiger partial charge on any atom is 0.275 e. The van der Waals surface area contributed by atoms with E-state index in [2.05, 4.69) is 0 Å². The second kappa shape index (κ2) is 7.51. The first-order valence-electron chi connectivity index (χ1n) is 10.1. The number of amides is 1. The summed E-state index contributed by atoms with van der Waals surface area (Å²) in [5.74, 6) is 0.0351. The number of fused-ring (bicyclic) bond motifs is 1. The highest BCUT2D eigenvalue weighted by Crippen LogP contribution is 2.39. The molecule has 1 fully saturated rings. The SMILES string of the molecule is O=C1c2nn(-c3ccc(Cl)cc3)c(-c3ccccc3Cl)c2CN1C1CCCCC1. The van der Waals surface area contributed by atoms with Crippen LogP contribution in [0.2, 0.25) is 10.0 Å². The highest BCUT2D eigenvalue weighted by atomic mass is 35.5. The molecule has 0 N–H and O–H groups in total. The molecule has 1 aliphatic carbocycles. The fourth-order valence-corrected chi connectivity index (χ4v) is 4.89. The molecule has 148 valence electrons. The Kier molecular flexibility index (Phi) is 4.84. The number of halogens is 2. The molecular weight excluding hydrogens is 405 g/mol. The molecule has 4 nitrogen and oxygen atoms in total. The molecule has 0 unspecified atom stereocenters. The third-order valence-electron chi connectivity index (χ3n) is 5.99. The van der Waals surface area contributed by atoms with Gasteiger partial charge in [0, 0.05) is 27.2 Å². The number of hydrogen-bond acceptors (Lipinski definition) is 2. The maximum absolute atomic E-state index is 13.3. The van der Waals surface area contributed by atoms with E-state index in [0.29, 0.717) is 28.3 Å². The van der Waals surface area contributed by atoms with Gasteiger partial charge in [-0.15, -0.1) is 0 Å². The highest BCUT2D eigenvalue weighted by molar-refractivity contribution is 6.33. The lowest BCUT2D eigenvalue weighted by atomic mass is 9.94. The van der Waals surface area contributed by atoms with Crippen molar-refractivity contribution >= 4 is 29.1 Å². The van der Waals surface area contributed by atoms with Gasteiger partial charge < -0.3 is 4.90 Å². The van der Waals surface area contributed by atoms with Crippen molar-refractivity contribution in [1.82, 2.24) is 14.7 Å². The second-order valence-corrected chi connectivity index (χ2v) is 8.61. The van der Waals surface area contributed by atoms with Gasteiger partial charge in [0.15, 0.2) is 5.69 Å². The molecule has 3 aromatic rings. The fraction of sp³-hybridized carbons (Fsp3) is 0.304. The van der Waals surface area contributed by atoms with Crippen LogP contribution in [0.5, 0.6) is 0 Å². The zero-order chi connectivity index (χ0) is 20.0. The third kappa shape index (κ3) is 3.24. The zero-order valence-corrected chi connectivity index (χ0v) is 17.5. The number of aromatic nitrogens is 2. The van der Waals surface area contributed by atoms with E-state index in [-0.39, 0.29) is 5.91 Å². The van der Waals surface area contributed by atoms with E-state index in [0.717, 1.165) is 35.3 Å². The Hall–Kier alpha value is -2.30. The molecule has 1 aliphatic heterocycles. The van der Waals surface area contributed by atoms with Gasteiger partial charge in [-0.3, -0.25) is 4.79 Å². The summed E-state index contributed by atoms with van der Waals surface area (Å²) < 4.78 is 1.83. The van der Waals surface area contributed by atoms with E-state index in [1.165, 1.54) is 19.3 Å². The summed E-state index contributed by atoms with van der Waals surface area (Å²) >= 11 is 12.6. The lowest BCUT2D eigenvalue weighted by Crippen LogP contribution is -2.37. The van der Waals surface area contributed by atoms with E-state index >= 15 is 0 Å². The molecule has 1 amide bonds. The first-order valence-corrected chi connectivity index (χ1v) is 10.8. The van der Waals surface area contributed by atoms with Crippen LogP contribution in [-0.4, -0.2) is 26.6 Å². The third-order valence-corrected chi connectivity index (χ3v) is 6.57. The molecule has 6 heteroatoms. The summed E-state index contributed by atoms with van der Waals surface area (Å²) in [7, 11) is 0. The number of nitrogens with zero attached hydrogens (tertiary/aromatic N) is 3. The summed E-state index contributed by atoms with van der Waals surface area (Å²) in [6.45, 7) is 0.590. The minimum absolute atomic E-state index is 0.0351. The molecule has 29 heavy (non-hydrogen) atoms. The van der Waals surface area contributed by atoms with E-state index in [1.54, 1.807) is 0 Å². The molecular formula is C23H21Cl2N3O. The minimum atomic E-state index is 0.0351. The van der Waals surface area contributed by atoms with Gasteiger partial charge in [-0.2, -0.15) is 5.10 Å². The number of carbonyl (C=O) groups is 1. The first-order chi connectivity index (χ1) is 14.1. The summed E-state index contributed by atoms with van der Waals surface area (Å²) in [4.78, 5) is 15.3. The summed E-state index contributed by atoms with van der Waals surface area (Å²) in [6.07, 6.45) is 5.79. The van der Waals surface area contributed by atoms with Crippen LogP contribution in [0.15, 0.2) is 48.5 Å². The number of carbonyl (C=O) groups excluding carboxylic acids is 1. The normalized spacial score (nSPS) is 17.0. The smallest absolute Gasteiger partial charge is 0.275 e. The molecule has 5 rings (SSSR count).